The van der Waals surface area contributed by atoms with E-state index in [4.69, 9.17) is 5.11 Å². The van der Waals surface area contributed by atoms with Gasteiger partial charge in [0.1, 0.15) is 6.54 Å². The molecule has 2 atom stereocenters. The summed E-state index contributed by atoms with van der Waals surface area (Å²) in [4.78, 5) is 23.4. The lowest BCUT2D eigenvalue weighted by atomic mass is 9.97. The second-order valence-corrected chi connectivity index (χ2v) is 3.83. The molecule has 0 aliphatic carbocycles. The van der Waals surface area contributed by atoms with Crippen molar-refractivity contribution in [3.8, 4) is 0 Å². The Bertz CT molecular complexity index is 242. The molecule has 0 aromatic heterocycles. The first-order chi connectivity index (χ1) is 6.52. The molecule has 5 heteroatoms. The summed E-state index contributed by atoms with van der Waals surface area (Å²) in [5, 5.41) is 11.6. The summed E-state index contributed by atoms with van der Waals surface area (Å²) in [6.45, 7) is 3.26. The van der Waals surface area contributed by atoms with E-state index in [1.807, 2.05) is 6.92 Å². The van der Waals surface area contributed by atoms with Gasteiger partial charge in [-0.05, 0) is 12.5 Å². The number of carboxylic acids is 1. The van der Waals surface area contributed by atoms with E-state index < -0.39 is 5.97 Å². The molecular weight excluding hydrogens is 184 g/mol. The average Bonchev–Trinajstić information content (AvgIpc) is 2.48. The summed E-state index contributed by atoms with van der Waals surface area (Å²) >= 11 is 0. The largest absolute Gasteiger partial charge is 0.480 e. The van der Waals surface area contributed by atoms with Gasteiger partial charge in [0.2, 0.25) is 5.91 Å². The van der Waals surface area contributed by atoms with Crippen molar-refractivity contribution >= 4 is 11.9 Å². The fraction of sp³-hybridized carbons (Fsp3) is 0.778. The van der Waals surface area contributed by atoms with Crippen molar-refractivity contribution in [2.45, 2.75) is 6.92 Å². The van der Waals surface area contributed by atoms with Gasteiger partial charge in [0, 0.05) is 13.6 Å². The number of nitrogens with one attached hydrogen (secondary N) is 1. The molecule has 0 bridgehead atoms. The number of hydrogen-bond acceptors (Lipinski definition) is 3. The highest BCUT2D eigenvalue weighted by Crippen LogP contribution is 2.17. The summed E-state index contributed by atoms with van der Waals surface area (Å²) < 4.78 is 0. The van der Waals surface area contributed by atoms with Crippen LogP contribution in [0.5, 0.6) is 0 Å². The van der Waals surface area contributed by atoms with Gasteiger partial charge in [0.25, 0.3) is 0 Å². The number of carbonyl (C=O) groups is 2. The van der Waals surface area contributed by atoms with Crippen molar-refractivity contribution in [2.24, 2.45) is 11.8 Å². The van der Waals surface area contributed by atoms with Gasteiger partial charge in [0.05, 0.1) is 5.92 Å². The van der Waals surface area contributed by atoms with Gasteiger partial charge in [-0.1, -0.05) is 6.92 Å². The smallest absolute Gasteiger partial charge is 0.323 e. The Balaban J connectivity index is 2.51. The van der Waals surface area contributed by atoms with E-state index in [0.717, 1.165) is 6.54 Å². The van der Waals surface area contributed by atoms with Crippen LogP contribution in [0.4, 0.5) is 0 Å². The van der Waals surface area contributed by atoms with E-state index in [-0.39, 0.29) is 18.4 Å². The predicted octanol–water partition coefficient (Wildman–Crippen LogP) is -0.615. The number of likely N-dealkylation sites (N-methyl/N-ethyl adjacent to an activating group) is 1. The van der Waals surface area contributed by atoms with Crippen LogP contribution < -0.4 is 5.32 Å². The molecule has 5 nitrogen and oxygen atoms in total. The fourth-order valence-corrected chi connectivity index (χ4v) is 1.70. The summed E-state index contributed by atoms with van der Waals surface area (Å²) in [7, 11) is 1.53. The number of nitrogens with zero attached hydrogens (tertiary/aromatic N) is 1. The van der Waals surface area contributed by atoms with Gasteiger partial charge in [-0.15, -0.1) is 0 Å². The van der Waals surface area contributed by atoms with E-state index >= 15 is 0 Å². The van der Waals surface area contributed by atoms with Crippen molar-refractivity contribution in [3.63, 3.8) is 0 Å². The van der Waals surface area contributed by atoms with Gasteiger partial charge < -0.3 is 15.3 Å². The molecule has 0 unspecified atom stereocenters. The summed E-state index contributed by atoms with van der Waals surface area (Å²) in [6, 6.07) is 0. The Hall–Kier alpha value is -1.10. The minimum atomic E-state index is -0.973. The minimum absolute atomic E-state index is 0.0700. The van der Waals surface area contributed by atoms with Crippen molar-refractivity contribution in [1.82, 2.24) is 10.2 Å². The Labute approximate surface area is 83.1 Å². The number of aliphatic carboxylic acids is 1. The first-order valence-corrected chi connectivity index (χ1v) is 4.70. The van der Waals surface area contributed by atoms with E-state index in [1.165, 1.54) is 11.9 Å². The molecule has 80 valence electrons. The average molecular weight is 200 g/mol. The monoisotopic (exact) mass is 200 g/mol. The van der Waals surface area contributed by atoms with E-state index in [1.54, 1.807) is 0 Å². The molecule has 1 saturated heterocycles. The molecule has 1 aliphatic heterocycles. The first kappa shape index (κ1) is 11.0. The van der Waals surface area contributed by atoms with E-state index in [2.05, 4.69) is 5.32 Å². The van der Waals surface area contributed by atoms with E-state index in [9.17, 15) is 9.59 Å². The molecule has 2 N–H and O–H groups in total. The molecule has 0 radical (unpaired) electrons. The summed E-state index contributed by atoms with van der Waals surface area (Å²) in [6.07, 6.45) is 0. The predicted molar refractivity (Wildman–Crippen MR) is 50.8 cm³/mol. The van der Waals surface area contributed by atoms with Gasteiger partial charge in [0.15, 0.2) is 0 Å². The first-order valence-electron chi connectivity index (χ1n) is 4.70. The zero-order chi connectivity index (χ0) is 10.7. The van der Waals surface area contributed by atoms with Crippen LogP contribution >= 0.6 is 0 Å². The third-order valence-corrected chi connectivity index (χ3v) is 2.58. The van der Waals surface area contributed by atoms with Gasteiger partial charge in [-0.3, -0.25) is 9.59 Å². The highest BCUT2D eigenvalue weighted by Gasteiger charge is 2.31. The Morgan fingerprint density at radius 3 is 2.57 bits per heavy atom. The third-order valence-electron chi connectivity index (χ3n) is 2.58. The highest BCUT2D eigenvalue weighted by atomic mass is 16.4. The second kappa shape index (κ2) is 4.41. The summed E-state index contributed by atoms with van der Waals surface area (Å²) in [5.41, 5.74) is 0. The SMILES string of the molecule is C[C@@H]1CNC[C@H]1C(=O)N(C)CC(=O)O. The van der Waals surface area contributed by atoms with Crippen molar-refractivity contribution < 1.29 is 14.7 Å². The number of carboxylic acid groups (broad SMARTS) is 1. The normalized spacial score (nSPS) is 26.1. The second-order valence-electron chi connectivity index (χ2n) is 3.83. The standard InChI is InChI=1S/C9H16N2O3/c1-6-3-10-4-7(6)9(14)11(2)5-8(12)13/h6-7,10H,3-5H2,1-2H3,(H,12,13)/t6-,7-/m1/s1. The molecule has 0 spiro atoms. The number of carbonyl (C=O) groups excluding carboxylic acids is 1. The zero-order valence-corrected chi connectivity index (χ0v) is 8.49. The maximum atomic E-state index is 11.7. The highest BCUT2D eigenvalue weighted by molar-refractivity contribution is 5.83. The molecular formula is C9H16N2O3. The molecule has 1 fully saturated rings. The van der Waals surface area contributed by atoms with Crippen LogP contribution in [0.3, 0.4) is 0 Å². The topological polar surface area (TPSA) is 69.6 Å². The Morgan fingerprint density at radius 2 is 2.14 bits per heavy atom. The summed E-state index contributed by atoms with van der Waals surface area (Å²) in [5.74, 6) is -0.831. The van der Waals surface area contributed by atoms with Crippen LogP contribution in [0.1, 0.15) is 6.92 Å². The molecule has 0 aromatic carbocycles. The maximum Gasteiger partial charge on any atom is 0.323 e. The molecule has 1 amide bonds. The Kier molecular flexibility index (Phi) is 3.46. The van der Waals surface area contributed by atoms with Crippen LogP contribution in [-0.2, 0) is 9.59 Å². The van der Waals surface area contributed by atoms with E-state index in [0.29, 0.717) is 12.5 Å². The van der Waals surface area contributed by atoms with Crippen LogP contribution in [0, 0.1) is 11.8 Å². The van der Waals surface area contributed by atoms with Gasteiger partial charge in [-0.25, -0.2) is 0 Å². The minimum Gasteiger partial charge on any atom is -0.480 e. The lowest BCUT2D eigenvalue weighted by Crippen LogP contribution is -2.39. The molecule has 14 heavy (non-hydrogen) atoms. The molecule has 0 aromatic rings. The molecule has 1 rings (SSSR count). The van der Waals surface area contributed by atoms with Gasteiger partial charge >= 0.3 is 5.97 Å². The lowest BCUT2D eigenvalue weighted by molar-refractivity contribution is -0.145. The number of rotatable bonds is 3. The third kappa shape index (κ3) is 2.45. The van der Waals surface area contributed by atoms with Crippen molar-refractivity contribution in [2.75, 3.05) is 26.7 Å². The zero-order valence-electron chi connectivity index (χ0n) is 8.49. The molecule has 0 saturated carbocycles. The maximum absolute atomic E-state index is 11.7. The van der Waals surface area contributed by atoms with Crippen LogP contribution in [0.15, 0.2) is 0 Å². The van der Waals surface area contributed by atoms with Crippen molar-refractivity contribution in [1.29, 1.82) is 0 Å². The van der Waals surface area contributed by atoms with Crippen LogP contribution in [0.2, 0.25) is 0 Å². The number of hydrogen-bond donors (Lipinski definition) is 2. The van der Waals surface area contributed by atoms with Crippen LogP contribution in [-0.4, -0.2) is 48.6 Å². The molecule has 1 aliphatic rings. The number of amides is 1. The quantitative estimate of drug-likeness (QED) is 0.637. The van der Waals surface area contributed by atoms with Gasteiger partial charge in [-0.2, -0.15) is 0 Å². The molecule has 1 heterocycles. The van der Waals surface area contributed by atoms with Crippen molar-refractivity contribution in [3.05, 3.63) is 0 Å². The fourth-order valence-electron chi connectivity index (χ4n) is 1.70. The lowest BCUT2D eigenvalue weighted by Gasteiger charge is -2.21. The van der Waals surface area contributed by atoms with Crippen LogP contribution in [0.25, 0.3) is 0 Å². The Morgan fingerprint density at radius 1 is 1.50 bits per heavy atom.